The predicted octanol–water partition coefficient (Wildman–Crippen LogP) is 3.18. The third-order valence-electron chi connectivity index (χ3n) is 4.04. The van der Waals surface area contributed by atoms with Crippen LogP contribution in [0.1, 0.15) is 5.56 Å². The van der Waals surface area contributed by atoms with E-state index in [-0.39, 0.29) is 5.56 Å². The molecule has 0 fully saturated rings. The van der Waals surface area contributed by atoms with Crippen LogP contribution in [0.4, 0.5) is 5.95 Å². The summed E-state index contributed by atoms with van der Waals surface area (Å²) in [7, 11) is 0. The van der Waals surface area contributed by atoms with Gasteiger partial charge in [-0.2, -0.15) is 0 Å². The standard InChI is InChI=1S/C17H14BrN3O/c18-14-7-3-1-5-12(14)11-20-9-10-21-16(22)13-6-2-4-8-15(13)19-17(20)21/h1-8H,9-11H2. The van der Waals surface area contributed by atoms with E-state index >= 15 is 0 Å². The molecular weight excluding hydrogens is 342 g/mol. The highest BCUT2D eigenvalue weighted by atomic mass is 79.9. The number of hydrogen-bond donors (Lipinski definition) is 0. The quantitative estimate of drug-likeness (QED) is 0.708. The van der Waals surface area contributed by atoms with Gasteiger partial charge >= 0.3 is 0 Å². The highest BCUT2D eigenvalue weighted by Gasteiger charge is 2.23. The summed E-state index contributed by atoms with van der Waals surface area (Å²) < 4.78 is 2.86. The van der Waals surface area contributed by atoms with Crippen LogP contribution in [-0.2, 0) is 13.1 Å². The first-order valence-corrected chi connectivity index (χ1v) is 8.01. The van der Waals surface area contributed by atoms with Gasteiger partial charge in [0.25, 0.3) is 5.56 Å². The Morgan fingerprint density at radius 2 is 1.82 bits per heavy atom. The second kappa shape index (κ2) is 5.25. The fourth-order valence-corrected chi connectivity index (χ4v) is 3.31. The van der Waals surface area contributed by atoms with E-state index in [1.54, 1.807) is 4.57 Å². The molecule has 1 aliphatic rings. The minimum absolute atomic E-state index is 0.0511. The van der Waals surface area contributed by atoms with Crippen LogP contribution < -0.4 is 10.5 Å². The van der Waals surface area contributed by atoms with E-state index in [4.69, 9.17) is 4.98 Å². The topological polar surface area (TPSA) is 38.1 Å². The Morgan fingerprint density at radius 3 is 2.68 bits per heavy atom. The molecule has 22 heavy (non-hydrogen) atoms. The van der Waals surface area contributed by atoms with Crippen LogP contribution in [0.5, 0.6) is 0 Å². The fourth-order valence-electron chi connectivity index (χ4n) is 2.90. The smallest absolute Gasteiger partial charge is 0.262 e. The Morgan fingerprint density at radius 1 is 1.05 bits per heavy atom. The first-order chi connectivity index (χ1) is 10.7. The number of anilines is 1. The Labute approximate surface area is 136 Å². The monoisotopic (exact) mass is 355 g/mol. The van der Waals surface area contributed by atoms with Crippen molar-refractivity contribution in [1.29, 1.82) is 0 Å². The minimum atomic E-state index is 0.0511. The molecule has 0 aliphatic carbocycles. The zero-order valence-electron chi connectivity index (χ0n) is 11.9. The van der Waals surface area contributed by atoms with Crippen molar-refractivity contribution in [2.24, 2.45) is 0 Å². The van der Waals surface area contributed by atoms with Crippen LogP contribution in [0.2, 0.25) is 0 Å². The fraction of sp³-hybridized carbons (Fsp3) is 0.176. The lowest BCUT2D eigenvalue weighted by Gasteiger charge is -2.18. The van der Waals surface area contributed by atoms with E-state index in [0.717, 1.165) is 29.0 Å². The second-order valence-corrected chi connectivity index (χ2v) is 6.25. The lowest BCUT2D eigenvalue weighted by atomic mass is 10.2. The van der Waals surface area contributed by atoms with Crippen molar-refractivity contribution in [3.63, 3.8) is 0 Å². The highest BCUT2D eigenvalue weighted by Crippen LogP contribution is 2.24. The zero-order chi connectivity index (χ0) is 15.1. The Balaban J connectivity index is 1.79. The van der Waals surface area contributed by atoms with Crippen molar-refractivity contribution in [3.05, 3.63) is 68.9 Å². The Hall–Kier alpha value is -2.14. The minimum Gasteiger partial charge on any atom is -0.336 e. The maximum Gasteiger partial charge on any atom is 0.262 e. The Bertz CT molecular complexity index is 919. The third kappa shape index (κ3) is 2.13. The van der Waals surface area contributed by atoms with Gasteiger partial charge in [-0.3, -0.25) is 9.36 Å². The molecule has 0 spiro atoms. The van der Waals surface area contributed by atoms with Crippen LogP contribution in [0.3, 0.4) is 0 Å². The van der Waals surface area contributed by atoms with Crippen molar-refractivity contribution in [3.8, 4) is 0 Å². The molecule has 0 bridgehead atoms. The molecule has 0 atom stereocenters. The number of rotatable bonds is 2. The number of fused-ring (bicyclic) bond motifs is 2. The number of nitrogens with zero attached hydrogens (tertiary/aromatic N) is 3. The average molecular weight is 356 g/mol. The number of para-hydroxylation sites is 1. The molecule has 3 aromatic rings. The molecule has 110 valence electrons. The molecular formula is C17H14BrN3O. The van der Waals surface area contributed by atoms with E-state index in [9.17, 15) is 4.79 Å². The van der Waals surface area contributed by atoms with E-state index < -0.39 is 0 Å². The summed E-state index contributed by atoms with van der Waals surface area (Å²) >= 11 is 3.58. The van der Waals surface area contributed by atoms with Gasteiger partial charge in [-0.05, 0) is 23.8 Å². The van der Waals surface area contributed by atoms with Gasteiger partial charge in [-0.1, -0.05) is 46.3 Å². The number of halogens is 1. The maximum atomic E-state index is 12.6. The van der Waals surface area contributed by atoms with Crippen molar-refractivity contribution in [2.45, 2.75) is 13.1 Å². The molecule has 0 radical (unpaired) electrons. The molecule has 0 amide bonds. The second-order valence-electron chi connectivity index (χ2n) is 5.40. The Kier molecular flexibility index (Phi) is 3.22. The van der Waals surface area contributed by atoms with Crippen molar-refractivity contribution in [2.75, 3.05) is 11.4 Å². The van der Waals surface area contributed by atoms with Crippen molar-refractivity contribution >= 4 is 32.8 Å². The lowest BCUT2D eigenvalue weighted by Crippen LogP contribution is -2.23. The van der Waals surface area contributed by atoms with Crippen LogP contribution in [0, 0.1) is 0 Å². The third-order valence-corrected chi connectivity index (χ3v) is 4.81. The summed E-state index contributed by atoms with van der Waals surface area (Å²) in [5, 5.41) is 0.689. The summed E-state index contributed by atoms with van der Waals surface area (Å²) in [6.07, 6.45) is 0. The van der Waals surface area contributed by atoms with E-state index in [0.29, 0.717) is 11.9 Å². The number of benzene rings is 2. The van der Waals surface area contributed by atoms with Gasteiger partial charge < -0.3 is 4.90 Å². The highest BCUT2D eigenvalue weighted by molar-refractivity contribution is 9.10. The van der Waals surface area contributed by atoms with Gasteiger partial charge in [-0.25, -0.2) is 4.98 Å². The van der Waals surface area contributed by atoms with E-state index in [1.807, 2.05) is 42.5 Å². The van der Waals surface area contributed by atoms with Crippen LogP contribution in [-0.4, -0.2) is 16.1 Å². The molecule has 1 aromatic heterocycles. The van der Waals surface area contributed by atoms with Gasteiger partial charge in [0.05, 0.1) is 10.9 Å². The van der Waals surface area contributed by atoms with Crippen LogP contribution in [0.15, 0.2) is 57.8 Å². The van der Waals surface area contributed by atoms with E-state index in [1.165, 1.54) is 5.56 Å². The van der Waals surface area contributed by atoms with Crippen LogP contribution in [0.25, 0.3) is 10.9 Å². The summed E-state index contributed by atoms with van der Waals surface area (Å²) in [6, 6.07) is 15.7. The molecule has 0 saturated heterocycles. The molecule has 4 rings (SSSR count). The van der Waals surface area contributed by atoms with Gasteiger partial charge in [0.1, 0.15) is 0 Å². The normalized spacial score (nSPS) is 13.6. The summed E-state index contributed by atoms with van der Waals surface area (Å²) in [5.41, 5.74) is 2.01. The molecule has 0 N–H and O–H groups in total. The molecule has 0 unspecified atom stereocenters. The van der Waals surface area contributed by atoms with E-state index in [2.05, 4.69) is 26.9 Å². The summed E-state index contributed by atoms with van der Waals surface area (Å²) in [4.78, 5) is 19.4. The maximum absolute atomic E-state index is 12.6. The van der Waals surface area contributed by atoms with Gasteiger partial charge in [0, 0.05) is 24.1 Å². The van der Waals surface area contributed by atoms with Crippen LogP contribution >= 0.6 is 15.9 Å². The molecule has 5 heteroatoms. The van der Waals surface area contributed by atoms with Gasteiger partial charge in [-0.15, -0.1) is 0 Å². The first-order valence-electron chi connectivity index (χ1n) is 7.22. The average Bonchev–Trinajstić information content (AvgIpc) is 2.93. The van der Waals surface area contributed by atoms with Gasteiger partial charge in [0.2, 0.25) is 5.95 Å². The predicted molar refractivity (Wildman–Crippen MR) is 91.2 cm³/mol. The van der Waals surface area contributed by atoms with Crippen molar-refractivity contribution < 1.29 is 0 Å². The molecule has 1 aliphatic heterocycles. The molecule has 2 aromatic carbocycles. The van der Waals surface area contributed by atoms with Gasteiger partial charge in [0.15, 0.2) is 0 Å². The largest absolute Gasteiger partial charge is 0.336 e. The summed E-state index contributed by atoms with van der Waals surface area (Å²) in [6.45, 7) is 2.24. The molecule has 4 nitrogen and oxygen atoms in total. The SMILES string of the molecule is O=c1c2ccccc2nc2n1CCN2Cc1ccccc1Br. The first kappa shape index (κ1) is 13.5. The van der Waals surface area contributed by atoms with Crippen molar-refractivity contribution in [1.82, 2.24) is 9.55 Å². The number of aromatic nitrogens is 2. The molecule has 0 saturated carbocycles. The summed E-state index contributed by atoms with van der Waals surface area (Å²) in [5.74, 6) is 0.763. The zero-order valence-corrected chi connectivity index (χ0v) is 13.5. The number of hydrogen-bond acceptors (Lipinski definition) is 3. The molecule has 2 heterocycles. The lowest BCUT2D eigenvalue weighted by molar-refractivity contribution is 0.753.